The van der Waals surface area contributed by atoms with Crippen molar-refractivity contribution in [3.63, 3.8) is 0 Å². The number of amides is 1. The summed E-state index contributed by atoms with van der Waals surface area (Å²) in [5.74, 6) is -6.03. The lowest BCUT2D eigenvalue weighted by molar-refractivity contribution is -0.276. The summed E-state index contributed by atoms with van der Waals surface area (Å²) < 4.78 is 96.8. The Labute approximate surface area is 307 Å². The molecule has 0 atom stereocenters. The monoisotopic (exact) mass is 765 g/mol. The normalized spacial score (nSPS) is 11.8. The summed E-state index contributed by atoms with van der Waals surface area (Å²) in [5, 5.41) is 2.13. The van der Waals surface area contributed by atoms with E-state index in [-0.39, 0.29) is 55.8 Å². The van der Waals surface area contributed by atoms with Crippen molar-refractivity contribution in [2.45, 2.75) is 66.0 Å². The molecule has 0 saturated heterocycles. The molecule has 0 aliphatic heterocycles. The zero-order chi connectivity index (χ0) is 39.6. The summed E-state index contributed by atoms with van der Waals surface area (Å²) in [6.45, 7) is 7.96. The van der Waals surface area contributed by atoms with Crippen molar-refractivity contribution in [1.29, 1.82) is 0 Å². The molecule has 0 fully saturated rings. The van der Waals surface area contributed by atoms with Crippen molar-refractivity contribution in [3.8, 4) is 11.6 Å². The van der Waals surface area contributed by atoms with Crippen LogP contribution in [0.3, 0.4) is 0 Å². The quantitative estimate of drug-likeness (QED) is 0.0362. The summed E-state index contributed by atoms with van der Waals surface area (Å²) in [6, 6.07) is 7.88. The Kier molecular flexibility index (Phi) is 13.9. The third-order valence-corrected chi connectivity index (χ3v) is 7.39. The van der Waals surface area contributed by atoms with Gasteiger partial charge in [-0.2, -0.15) is 0 Å². The van der Waals surface area contributed by atoms with Gasteiger partial charge in [-0.3, -0.25) is 9.78 Å². The molecule has 0 N–H and O–H groups in total. The highest BCUT2D eigenvalue weighted by atomic mass is 19.4. The molecule has 54 heavy (non-hydrogen) atoms. The number of pyridine rings is 2. The van der Waals surface area contributed by atoms with E-state index in [0.717, 1.165) is 5.39 Å². The topological polar surface area (TPSA) is 136 Å². The lowest BCUT2D eigenvalue weighted by Gasteiger charge is -2.27. The van der Waals surface area contributed by atoms with Crippen LogP contribution in [-0.4, -0.2) is 78.0 Å². The molecular weight excluding hydrogens is 725 g/mol. The van der Waals surface area contributed by atoms with E-state index in [1.807, 2.05) is 0 Å². The second-order valence-corrected chi connectivity index (χ2v) is 13.2. The van der Waals surface area contributed by atoms with Crippen LogP contribution >= 0.6 is 0 Å². The van der Waals surface area contributed by atoms with E-state index in [2.05, 4.69) is 14.7 Å². The number of esters is 2. The predicted molar refractivity (Wildman–Crippen MR) is 183 cm³/mol. The van der Waals surface area contributed by atoms with Gasteiger partial charge >= 0.3 is 24.4 Å². The minimum Gasteiger partial charge on any atom is -0.475 e. The molecule has 1 amide bonds. The van der Waals surface area contributed by atoms with Crippen molar-refractivity contribution in [1.82, 2.24) is 14.9 Å². The largest absolute Gasteiger partial charge is 0.573 e. The van der Waals surface area contributed by atoms with E-state index in [9.17, 15) is 36.3 Å². The summed E-state index contributed by atoms with van der Waals surface area (Å²) in [4.78, 5) is 47.1. The summed E-state index contributed by atoms with van der Waals surface area (Å²) in [5.41, 5.74) is -0.373. The van der Waals surface area contributed by atoms with Crippen LogP contribution in [-0.2, 0) is 30.3 Å². The molecule has 0 spiro atoms. The average Bonchev–Trinajstić information content (AvgIpc) is 3.08. The number of ether oxygens (including phenoxy) is 6. The summed E-state index contributed by atoms with van der Waals surface area (Å²) in [6.07, 6.45) is -1.99. The van der Waals surface area contributed by atoms with Crippen molar-refractivity contribution in [3.05, 3.63) is 71.6 Å². The summed E-state index contributed by atoms with van der Waals surface area (Å²) in [7, 11) is 0. The highest BCUT2D eigenvalue weighted by Crippen LogP contribution is 2.32. The van der Waals surface area contributed by atoms with Crippen LogP contribution in [0.25, 0.3) is 21.7 Å². The Hall–Kier alpha value is -5.32. The maximum Gasteiger partial charge on any atom is 0.573 e. The van der Waals surface area contributed by atoms with Gasteiger partial charge in [-0.05, 0) is 69.5 Å². The van der Waals surface area contributed by atoms with Gasteiger partial charge < -0.3 is 33.3 Å². The molecule has 0 saturated carbocycles. The fourth-order valence-electron chi connectivity index (χ4n) is 4.95. The first-order valence-electron chi connectivity index (χ1n) is 16.8. The van der Waals surface area contributed by atoms with Crippen LogP contribution in [0.4, 0.5) is 26.7 Å². The number of aromatic nitrogens is 2. The number of benzene rings is 2. The summed E-state index contributed by atoms with van der Waals surface area (Å²) >= 11 is 0. The van der Waals surface area contributed by atoms with Gasteiger partial charge in [0.15, 0.2) is 11.6 Å². The number of nitrogens with zero attached hydrogens (tertiary/aromatic N) is 3. The number of hydrogen-bond acceptors (Lipinski definition) is 11. The molecule has 4 aromatic rings. The van der Waals surface area contributed by atoms with Crippen LogP contribution in [0, 0.1) is 17.6 Å². The molecule has 0 unspecified atom stereocenters. The lowest BCUT2D eigenvalue weighted by Crippen LogP contribution is -2.37. The number of unbranched alkanes of at least 4 members (excludes halogenated alkanes) is 1. The highest BCUT2D eigenvalue weighted by molar-refractivity contribution is 6.08. The Balaban J connectivity index is 1.32. The molecule has 0 radical (unpaired) electrons. The maximum absolute atomic E-state index is 14.3. The number of fused-ring (bicyclic) bond motifs is 3. The highest BCUT2D eigenvalue weighted by Gasteiger charge is 2.34. The van der Waals surface area contributed by atoms with Crippen molar-refractivity contribution in [2.75, 3.05) is 33.2 Å². The van der Waals surface area contributed by atoms with Gasteiger partial charge in [0.05, 0.1) is 23.6 Å². The third kappa shape index (κ3) is 12.1. The standard InChI is InChI=1S/C37H40F5N3O9/c1-22(2)33(46)51-21-52-34(47)24-8-9-25-27-19-43-11-10-26(27)32(44-30(25)18-24)50-15-14-49-13-7-6-12-45(35(48)54-36(3,4)5)20-23-16-28(38)31(29(39)17-23)53-37(40,41)42/h8-11,16-19,22H,6-7,12-15,20-21H2,1-5H3. The first kappa shape index (κ1) is 41.4. The average molecular weight is 766 g/mol. The van der Waals surface area contributed by atoms with Crippen molar-refractivity contribution < 1.29 is 64.8 Å². The molecule has 17 heteroatoms. The van der Waals surface area contributed by atoms with E-state index in [0.29, 0.717) is 41.3 Å². The fraction of sp³-hybridized carbons (Fsp3) is 0.432. The Morgan fingerprint density at radius 1 is 0.870 bits per heavy atom. The Morgan fingerprint density at radius 2 is 1.59 bits per heavy atom. The predicted octanol–water partition coefficient (Wildman–Crippen LogP) is 7.89. The van der Waals surface area contributed by atoms with Crippen LogP contribution in [0.5, 0.6) is 11.6 Å². The molecule has 4 rings (SSSR count). The second kappa shape index (κ2) is 18.1. The van der Waals surface area contributed by atoms with Gasteiger partial charge in [0.2, 0.25) is 18.4 Å². The SMILES string of the molecule is CC(C)C(=O)OCOC(=O)c1ccc2c(c1)nc(OCCOCCCCN(Cc1cc(F)c(OC(F)(F)F)c(F)c1)C(=O)OC(C)(C)C)c1ccncc12. The first-order chi connectivity index (χ1) is 25.4. The van der Waals surface area contributed by atoms with Crippen LogP contribution in [0.15, 0.2) is 48.8 Å². The molecule has 2 heterocycles. The Bertz CT molecular complexity index is 1930. The molecule has 2 aromatic heterocycles. The van der Waals surface area contributed by atoms with Crippen LogP contribution in [0.2, 0.25) is 0 Å². The smallest absolute Gasteiger partial charge is 0.475 e. The number of hydrogen-bond donors (Lipinski definition) is 0. The van der Waals surface area contributed by atoms with E-state index in [4.69, 9.17) is 23.7 Å². The number of carbonyl (C=O) groups is 3. The number of rotatable bonds is 16. The minimum atomic E-state index is -5.29. The molecule has 2 aromatic carbocycles. The van der Waals surface area contributed by atoms with E-state index in [1.54, 1.807) is 65.2 Å². The zero-order valence-corrected chi connectivity index (χ0v) is 30.3. The number of halogens is 5. The third-order valence-electron chi connectivity index (χ3n) is 7.39. The molecule has 292 valence electrons. The minimum absolute atomic E-state index is 0.0818. The van der Waals surface area contributed by atoms with E-state index < -0.39 is 54.2 Å². The van der Waals surface area contributed by atoms with Gasteiger partial charge in [-0.1, -0.05) is 19.9 Å². The van der Waals surface area contributed by atoms with Crippen molar-refractivity contribution in [2.24, 2.45) is 5.92 Å². The number of carbonyl (C=O) groups excluding carboxylic acids is 3. The van der Waals surface area contributed by atoms with Gasteiger partial charge in [-0.15, -0.1) is 13.2 Å². The molecule has 12 nitrogen and oxygen atoms in total. The lowest BCUT2D eigenvalue weighted by atomic mass is 10.1. The number of alkyl halides is 3. The van der Waals surface area contributed by atoms with Crippen LogP contribution in [0.1, 0.15) is 63.4 Å². The van der Waals surface area contributed by atoms with E-state index >= 15 is 0 Å². The van der Waals surface area contributed by atoms with Gasteiger partial charge in [0.25, 0.3) is 0 Å². The molecule has 0 aliphatic rings. The van der Waals surface area contributed by atoms with Crippen LogP contribution < -0.4 is 9.47 Å². The molecular formula is C37H40F5N3O9. The van der Waals surface area contributed by atoms with Gasteiger partial charge in [-0.25, -0.2) is 23.4 Å². The second-order valence-electron chi connectivity index (χ2n) is 13.2. The first-order valence-corrected chi connectivity index (χ1v) is 16.8. The van der Waals surface area contributed by atoms with Gasteiger partial charge in [0, 0.05) is 48.2 Å². The zero-order valence-electron chi connectivity index (χ0n) is 30.3. The fourth-order valence-corrected chi connectivity index (χ4v) is 4.95. The van der Waals surface area contributed by atoms with Gasteiger partial charge in [0.1, 0.15) is 12.2 Å². The van der Waals surface area contributed by atoms with E-state index in [1.165, 1.54) is 11.0 Å². The maximum atomic E-state index is 14.3. The Morgan fingerprint density at radius 3 is 2.26 bits per heavy atom. The van der Waals surface area contributed by atoms with Crippen molar-refractivity contribution >= 4 is 39.7 Å². The molecule has 0 bridgehead atoms. The molecule has 0 aliphatic carbocycles.